The fourth-order valence-corrected chi connectivity index (χ4v) is 10.3. The van der Waals surface area contributed by atoms with E-state index >= 15 is 0 Å². The zero-order chi connectivity index (χ0) is 27.4. The number of nitrogens with zero attached hydrogens (tertiary/aromatic N) is 1. The molecule has 0 aromatic carbocycles. The lowest BCUT2D eigenvalue weighted by Crippen LogP contribution is -2.52. The third-order valence-corrected chi connectivity index (χ3v) is 12.2. The smallest absolute Gasteiger partial charge is 0.340 e. The van der Waals surface area contributed by atoms with Crippen molar-refractivity contribution < 1.29 is 19.1 Å². The number of aromatic nitrogens is 1. The van der Waals surface area contributed by atoms with E-state index in [2.05, 4.69) is 48.4 Å². The van der Waals surface area contributed by atoms with Gasteiger partial charge in [0.2, 0.25) is 0 Å². The number of ether oxygens (including phenoxy) is 2. The zero-order valence-corrected chi connectivity index (χ0v) is 24.8. The maximum absolute atomic E-state index is 13.9. The van der Waals surface area contributed by atoms with Crippen LogP contribution >= 0.6 is 21.6 Å². The van der Waals surface area contributed by atoms with Crippen LogP contribution in [-0.4, -0.2) is 28.6 Å². The van der Waals surface area contributed by atoms with Crippen LogP contribution in [0.25, 0.3) is 0 Å². The van der Waals surface area contributed by atoms with Gasteiger partial charge in [0, 0.05) is 29.0 Å². The van der Waals surface area contributed by atoms with E-state index in [1.165, 1.54) is 5.57 Å². The fourth-order valence-electron chi connectivity index (χ4n) is 8.14. The van der Waals surface area contributed by atoms with E-state index in [0.717, 1.165) is 96.2 Å². The topological polar surface area (TPSA) is 77.5 Å². The number of fused-ring (bicyclic) bond motifs is 3. The number of allylic oxidation sites excluding steroid dienone is 5. The number of rotatable bonds is 2. The van der Waals surface area contributed by atoms with Gasteiger partial charge in [-0.25, -0.2) is 14.6 Å². The van der Waals surface area contributed by atoms with Gasteiger partial charge in [-0.15, -0.1) is 0 Å². The van der Waals surface area contributed by atoms with Crippen molar-refractivity contribution in [2.24, 2.45) is 29.1 Å². The molecule has 1 saturated heterocycles. The molecule has 40 heavy (non-hydrogen) atoms. The monoisotopic (exact) mass is 576 g/mol. The molecule has 210 valence electrons. The molecule has 1 aromatic rings. The molecular formula is C32H36N2O4S2. The second kappa shape index (κ2) is 10.4. The van der Waals surface area contributed by atoms with E-state index in [0.29, 0.717) is 18.3 Å². The predicted octanol–water partition coefficient (Wildman–Crippen LogP) is 7.13. The van der Waals surface area contributed by atoms with Gasteiger partial charge in [0.05, 0.1) is 16.9 Å². The maximum Gasteiger partial charge on any atom is 0.340 e. The van der Waals surface area contributed by atoms with Gasteiger partial charge in [-0.1, -0.05) is 47.4 Å². The van der Waals surface area contributed by atoms with Crippen LogP contribution in [0.5, 0.6) is 0 Å². The number of hydrogen-bond donors (Lipinski definition) is 1. The summed E-state index contributed by atoms with van der Waals surface area (Å²) in [4.78, 5) is 32.0. The first kappa shape index (κ1) is 26.4. The third kappa shape index (κ3) is 4.12. The zero-order valence-electron chi connectivity index (χ0n) is 23.2. The molecule has 1 aromatic heterocycles. The van der Waals surface area contributed by atoms with Crippen molar-refractivity contribution in [1.82, 2.24) is 4.98 Å². The SMILES string of the molecule is CCC/C=C1\OC(=O)C2=C1CC[C@H]1[C@@H]3CC[C@@]4(C5=C3Cc3ccnc(c3)NCSSC[C@H](C)C/C=C\4OC5=O)[C@@H]21. The van der Waals surface area contributed by atoms with Crippen LogP contribution in [0, 0.1) is 29.1 Å². The Morgan fingerprint density at radius 2 is 2.10 bits per heavy atom. The van der Waals surface area contributed by atoms with Crippen LogP contribution in [-0.2, 0) is 25.5 Å². The summed E-state index contributed by atoms with van der Waals surface area (Å²) < 4.78 is 12.2. The Kier molecular flexibility index (Phi) is 6.90. The molecule has 8 rings (SSSR count). The largest absolute Gasteiger partial charge is 0.427 e. The van der Waals surface area contributed by atoms with Crippen LogP contribution in [0.15, 0.2) is 64.3 Å². The minimum atomic E-state index is -0.584. The second-order valence-corrected chi connectivity index (χ2v) is 14.6. The molecule has 0 amide bonds. The Hall–Kier alpha value is -2.45. The average molecular weight is 577 g/mol. The van der Waals surface area contributed by atoms with Crippen molar-refractivity contribution in [2.75, 3.05) is 16.9 Å². The molecule has 7 bridgehead atoms. The van der Waals surface area contributed by atoms with Gasteiger partial charge in [0.15, 0.2) is 0 Å². The predicted molar refractivity (Wildman–Crippen MR) is 159 cm³/mol. The molecular weight excluding hydrogens is 540 g/mol. The van der Waals surface area contributed by atoms with E-state index in [1.54, 1.807) is 10.8 Å². The van der Waals surface area contributed by atoms with Crippen molar-refractivity contribution in [3.05, 3.63) is 69.9 Å². The Morgan fingerprint density at radius 3 is 2.98 bits per heavy atom. The minimum Gasteiger partial charge on any atom is -0.427 e. The van der Waals surface area contributed by atoms with Gasteiger partial charge < -0.3 is 14.8 Å². The molecule has 0 unspecified atom stereocenters. The van der Waals surface area contributed by atoms with Gasteiger partial charge in [-0.2, -0.15) is 0 Å². The molecule has 4 heterocycles. The highest BCUT2D eigenvalue weighted by atomic mass is 33.1. The third-order valence-electron chi connectivity index (χ3n) is 9.76. The van der Waals surface area contributed by atoms with Crippen LogP contribution in [0.4, 0.5) is 5.82 Å². The maximum atomic E-state index is 13.9. The van der Waals surface area contributed by atoms with Gasteiger partial charge in [0.25, 0.3) is 0 Å². The van der Waals surface area contributed by atoms with Gasteiger partial charge >= 0.3 is 11.9 Å². The molecule has 4 aliphatic carbocycles. The molecule has 3 aliphatic heterocycles. The lowest BCUT2D eigenvalue weighted by molar-refractivity contribution is -0.135. The number of pyridine rings is 1. The van der Waals surface area contributed by atoms with Gasteiger partial charge in [0.1, 0.15) is 17.3 Å². The number of carbonyl (C=O) groups excluding carboxylic acids is 2. The number of cyclic esters (lactones) is 1. The minimum absolute atomic E-state index is 0.0692. The molecule has 5 atom stereocenters. The number of unbranched alkanes of at least 4 members (excludes halogenated alkanes) is 1. The Morgan fingerprint density at radius 1 is 1.20 bits per heavy atom. The quantitative estimate of drug-likeness (QED) is 0.294. The summed E-state index contributed by atoms with van der Waals surface area (Å²) in [5.41, 5.74) is 4.53. The standard InChI is InChI=1S/C32H36N2O4S2/c1-3-4-5-24-22-8-7-21-20-10-12-32(28(21)27(22)30(35)37-24)25-9-6-18(2)16-39-40-17-34-26-15-19(11-13-33-26)14-23(20)29(32)31(36)38-25/h5,9,11,13,15,18,20-21,28H,3-4,6-8,10,12,14,16-17H2,1-2H3,(H,33,34)/b24-5-,25-9+/t18-,20+,21+,28-,32+/m1/s1. The molecule has 7 aliphatic rings. The Balaban J connectivity index is 1.41. The highest BCUT2D eigenvalue weighted by Gasteiger charge is 2.68. The lowest BCUT2D eigenvalue weighted by atomic mass is 9.44. The molecule has 2 fully saturated rings. The number of anilines is 1. The van der Waals surface area contributed by atoms with E-state index in [1.807, 2.05) is 17.0 Å². The molecule has 6 nitrogen and oxygen atoms in total. The summed E-state index contributed by atoms with van der Waals surface area (Å²) in [6.07, 6.45) is 13.3. The van der Waals surface area contributed by atoms with Crippen molar-refractivity contribution in [3.63, 3.8) is 0 Å². The van der Waals surface area contributed by atoms with E-state index < -0.39 is 5.41 Å². The van der Waals surface area contributed by atoms with Crippen LogP contribution < -0.4 is 5.32 Å². The first-order valence-corrected chi connectivity index (χ1v) is 17.2. The lowest BCUT2D eigenvalue weighted by Gasteiger charge is -2.56. The summed E-state index contributed by atoms with van der Waals surface area (Å²) in [5.74, 6) is 4.71. The average Bonchev–Trinajstić information content (AvgIpc) is 3.44. The summed E-state index contributed by atoms with van der Waals surface area (Å²) in [5, 5.41) is 3.45. The Labute approximate surface area is 243 Å². The summed E-state index contributed by atoms with van der Waals surface area (Å²) in [6, 6.07) is 4.19. The van der Waals surface area contributed by atoms with Crippen molar-refractivity contribution in [2.45, 2.75) is 65.2 Å². The van der Waals surface area contributed by atoms with E-state index in [9.17, 15) is 9.59 Å². The molecule has 1 N–H and O–H groups in total. The van der Waals surface area contributed by atoms with Crippen LogP contribution in [0.3, 0.4) is 0 Å². The second-order valence-electron chi connectivity index (χ2n) is 12.1. The fraction of sp³-hybridized carbons (Fsp3) is 0.531. The van der Waals surface area contributed by atoms with Gasteiger partial charge in [-0.3, -0.25) is 0 Å². The van der Waals surface area contributed by atoms with Crippen molar-refractivity contribution in [3.8, 4) is 0 Å². The highest BCUT2D eigenvalue weighted by molar-refractivity contribution is 8.76. The highest BCUT2D eigenvalue weighted by Crippen LogP contribution is 2.70. The number of hydrogen-bond acceptors (Lipinski definition) is 8. The number of carbonyl (C=O) groups is 2. The van der Waals surface area contributed by atoms with Crippen LogP contribution in [0.2, 0.25) is 0 Å². The first-order valence-electron chi connectivity index (χ1n) is 14.8. The first-order chi connectivity index (χ1) is 19.5. The Bertz CT molecular complexity index is 1390. The summed E-state index contributed by atoms with van der Waals surface area (Å²) >= 11 is 0. The molecule has 0 radical (unpaired) electrons. The van der Waals surface area contributed by atoms with E-state index in [4.69, 9.17) is 9.47 Å². The molecule has 1 spiro atoms. The van der Waals surface area contributed by atoms with Crippen molar-refractivity contribution >= 4 is 39.3 Å². The van der Waals surface area contributed by atoms with Crippen LogP contribution in [0.1, 0.15) is 64.4 Å². The molecule has 1 saturated carbocycles. The van der Waals surface area contributed by atoms with E-state index in [-0.39, 0.29) is 23.8 Å². The summed E-state index contributed by atoms with van der Waals surface area (Å²) in [6.45, 7) is 4.39. The van der Waals surface area contributed by atoms with Crippen molar-refractivity contribution in [1.29, 1.82) is 0 Å². The number of esters is 2. The number of nitrogens with one attached hydrogen (secondary N) is 1. The normalized spacial score (nSPS) is 35.5. The summed E-state index contributed by atoms with van der Waals surface area (Å²) in [7, 11) is 3.66. The van der Waals surface area contributed by atoms with Gasteiger partial charge in [-0.05, 0) is 92.5 Å². The molecule has 8 heteroatoms.